The van der Waals surface area contributed by atoms with Crippen LogP contribution in [-0.2, 0) is 11.2 Å². The second-order valence-corrected chi connectivity index (χ2v) is 8.93. The third-order valence-corrected chi connectivity index (χ3v) is 5.56. The summed E-state index contributed by atoms with van der Waals surface area (Å²) in [5.74, 6) is -1.61. The van der Waals surface area contributed by atoms with Crippen molar-refractivity contribution in [3.05, 3.63) is 83.4 Å². The molecule has 3 rings (SSSR count). The highest BCUT2D eigenvalue weighted by Gasteiger charge is 2.44. The van der Waals surface area contributed by atoms with Crippen molar-refractivity contribution in [3.8, 4) is 16.9 Å². The molecule has 0 spiro atoms. The van der Waals surface area contributed by atoms with Crippen molar-refractivity contribution in [3.63, 3.8) is 0 Å². The van der Waals surface area contributed by atoms with E-state index in [2.05, 4.69) is 0 Å². The normalized spacial score (nSPS) is 13.2. The average molecular weight is 507 g/mol. The molecule has 0 unspecified atom stereocenters. The summed E-state index contributed by atoms with van der Waals surface area (Å²) in [6, 6.07) is 21.3. The van der Waals surface area contributed by atoms with E-state index in [1.807, 2.05) is 48.5 Å². The van der Waals surface area contributed by atoms with E-state index in [-0.39, 0.29) is 5.69 Å². The molecule has 0 bridgehead atoms. The number of nitrogens with zero attached hydrogens (tertiary/aromatic N) is 1. The Hall–Kier alpha value is -3.07. The van der Waals surface area contributed by atoms with Crippen LogP contribution < -0.4 is 15.4 Å². The number of carbonyl (C=O) groups is 1. The average Bonchev–Trinajstić information content (AvgIpc) is 2.83. The third-order valence-electron chi connectivity index (χ3n) is 5.31. The minimum absolute atomic E-state index is 0.00240. The van der Waals surface area contributed by atoms with E-state index in [1.165, 1.54) is 31.2 Å². The largest absolute Gasteiger partial charge is 0.493 e. The Bertz CT molecular complexity index is 1120. The fourth-order valence-corrected chi connectivity index (χ4v) is 3.49. The SMILES string of the molecule is C[C@@](N)(CO)CN(C(=O)C(F)(F)F)c1ccc(OCCc2ccc(-c3ccc(Cl)cc3)cc2)cc1. The summed E-state index contributed by atoms with van der Waals surface area (Å²) >= 11 is 5.93. The summed E-state index contributed by atoms with van der Waals surface area (Å²) in [7, 11) is 0. The maximum absolute atomic E-state index is 13.1. The Morgan fingerprint density at radius 2 is 1.51 bits per heavy atom. The molecule has 3 aromatic rings. The highest BCUT2D eigenvalue weighted by Crippen LogP contribution is 2.27. The topological polar surface area (TPSA) is 75.8 Å². The number of ether oxygens (including phenoxy) is 1. The van der Waals surface area contributed by atoms with Gasteiger partial charge in [0.15, 0.2) is 0 Å². The fourth-order valence-electron chi connectivity index (χ4n) is 3.36. The number of hydrogen-bond acceptors (Lipinski definition) is 4. The van der Waals surface area contributed by atoms with Crippen molar-refractivity contribution in [2.45, 2.75) is 25.1 Å². The minimum Gasteiger partial charge on any atom is -0.493 e. The predicted octanol–water partition coefficient (Wildman–Crippen LogP) is 5.23. The van der Waals surface area contributed by atoms with E-state index in [0.29, 0.717) is 28.7 Å². The van der Waals surface area contributed by atoms with Crippen LogP contribution in [0.3, 0.4) is 0 Å². The fraction of sp³-hybridized carbons (Fsp3) is 0.269. The Labute approximate surface area is 206 Å². The number of rotatable bonds is 9. The molecule has 0 saturated carbocycles. The van der Waals surface area contributed by atoms with Crippen LogP contribution >= 0.6 is 11.6 Å². The molecular formula is C26H26ClF3N2O3. The van der Waals surface area contributed by atoms with Crippen LogP contribution in [0.15, 0.2) is 72.8 Å². The molecule has 0 aliphatic carbocycles. The van der Waals surface area contributed by atoms with Gasteiger partial charge in [-0.2, -0.15) is 13.2 Å². The van der Waals surface area contributed by atoms with Crippen LogP contribution in [0.4, 0.5) is 18.9 Å². The van der Waals surface area contributed by atoms with Gasteiger partial charge in [0.2, 0.25) is 0 Å². The lowest BCUT2D eigenvalue weighted by Gasteiger charge is -2.31. The summed E-state index contributed by atoms with van der Waals surface area (Å²) in [4.78, 5) is 12.4. The van der Waals surface area contributed by atoms with Crippen LogP contribution in [-0.4, -0.2) is 42.5 Å². The molecule has 35 heavy (non-hydrogen) atoms. The Balaban J connectivity index is 1.61. The molecule has 1 amide bonds. The zero-order chi connectivity index (χ0) is 25.6. The molecule has 9 heteroatoms. The molecule has 186 valence electrons. The maximum atomic E-state index is 13.1. The van der Waals surface area contributed by atoms with Gasteiger partial charge in [-0.15, -0.1) is 0 Å². The second kappa shape index (κ2) is 11.1. The molecule has 0 aromatic heterocycles. The van der Waals surface area contributed by atoms with Crippen LogP contribution in [0.25, 0.3) is 11.1 Å². The number of aliphatic hydroxyl groups is 1. The number of anilines is 1. The maximum Gasteiger partial charge on any atom is 0.471 e. The minimum atomic E-state index is -5.08. The van der Waals surface area contributed by atoms with Crippen LogP contribution in [0.2, 0.25) is 5.02 Å². The van der Waals surface area contributed by atoms with Crippen molar-refractivity contribution in [1.82, 2.24) is 0 Å². The Kier molecular flexibility index (Phi) is 8.43. The number of hydrogen-bond donors (Lipinski definition) is 2. The van der Waals surface area contributed by atoms with Crippen molar-refractivity contribution < 1.29 is 27.8 Å². The first-order chi connectivity index (χ1) is 16.5. The second-order valence-electron chi connectivity index (χ2n) is 8.50. The molecule has 3 N–H and O–H groups in total. The van der Waals surface area contributed by atoms with Gasteiger partial charge >= 0.3 is 12.1 Å². The first kappa shape index (κ1) is 26.5. The number of benzene rings is 3. The van der Waals surface area contributed by atoms with Crippen LogP contribution in [0.1, 0.15) is 12.5 Å². The van der Waals surface area contributed by atoms with E-state index in [0.717, 1.165) is 16.7 Å². The van der Waals surface area contributed by atoms with Crippen molar-refractivity contribution in [2.24, 2.45) is 5.73 Å². The molecule has 0 fully saturated rings. The van der Waals surface area contributed by atoms with Crippen molar-refractivity contribution >= 4 is 23.2 Å². The zero-order valence-corrected chi connectivity index (χ0v) is 19.8. The van der Waals surface area contributed by atoms with Gasteiger partial charge in [-0.1, -0.05) is 48.0 Å². The van der Waals surface area contributed by atoms with Gasteiger partial charge in [0, 0.05) is 23.7 Å². The lowest BCUT2D eigenvalue weighted by atomic mass is 10.0. The van der Waals surface area contributed by atoms with Crippen molar-refractivity contribution in [2.75, 3.05) is 24.7 Å². The van der Waals surface area contributed by atoms with Gasteiger partial charge in [-0.05, 0) is 60.0 Å². The number of halogens is 4. The van der Waals surface area contributed by atoms with Gasteiger partial charge in [-0.3, -0.25) is 4.79 Å². The first-order valence-corrected chi connectivity index (χ1v) is 11.2. The third kappa shape index (κ3) is 7.45. The zero-order valence-electron chi connectivity index (χ0n) is 19.1. The highest BCUT2D eigenvalue weighted by atomic mass is 35.5. The Morgan fingerprint density at radius 1 is 0.971 bits per heavy atom. The van der Waals surface area contributed by atoms with Gasteiger partial charge in [0.1, 0.15) is 5.75 Å². The molecule has 0 aliphatic rings. The molecule has 0 saturated heterocycles. The van der Waals surface area contributed by atoms with Crippen LogP contribution in [0, 0.1) is 0 Å². The number of alkyl halides is 3. The Morgan fingerprint density at radius 3 is 2.03 bits per heavy atom. The van der Waals surface area contributed by atoms with Gasteiger partial charge in [-0.25, -0.2) is 0 Å². The van der Waals surface area contributed by atoms with E-state index >= 15 is 0 Å². The summed E-state index contributed by atoms with van der Waals surface area (Å²) in [5, 5.41) is 10.0. The predicted molar refractivity (Wildman–Crippen MR) is 131 cm³/mol. The van der Waals surface area contributed by atoms with E-state index < -0.39 is 30.8 Å². The van der Waals surface area contributed by atoms with E-state index in [1.54, 1.807) is 0 Å². The molecule has 0 heterocycles. The summed E-state index contributed by atoms with van der Waals surface area (Å²) in [6.07, 6.45) is -4.45. The molecule has 3 aromatic carbocycles. The van der Waals surface area contributed by atoms with E-state index in [4.69, 9.17) is 22.1 Å². The van der Waals surface area contributed by atoms with Crippen LogP contribution in [0.5, 0.6) is 5.75 Å². The number of amides is 1. The highest BCUT2D eigenvalue weighted by molar-refractivity contribution is 6.30. The van der Waals surface area contributed by atoms with E-state index in [9.17, 15) is 23.1 Å². The quantitative estimate of drug-likeness (QED) is 0.416. The molecular weight excluding hydrogens is 481 g/mol. The molecule has 5 nitrogen and oxygen atoms in total. The molecule has 0 aliphatic heterocycles. The lowest BCUT2D eigenvalue weighted by molar-refractivity contribution is -0.170. The van der Waals surface area contributed by atoms with Gasteiger partial charge in [0.25, 0.3) is 0 Å². The standard InChI is InChI=1S/C26H26ClF3N2O3/c1-25(31,17-33)16-32(24(34)26(28,29)30)22-10-12-23(13-11-22)35-15-14-18-2-4-19(5-3-18)20-6-8-21(27)9-7-20/h2-13,33H,14-17,31H2,1H3/t25-/m0/s1. The smallest absolute Gasteiger partial charge is 0.471 e. The lowest BCUT2D eigenvalue weighted by Crippen LogP contribution is -2.55. The number of aliphatic hydroxyl groups excluding tert-OH is 1. The summed E-state index contributed by atoms with van der Waals surface area (Å²) in [5.41, 5.74) is 7.58. The number of nitrogens with two attached hydrogens (primary N) is 1. The number of carbonyl (C=O) groups excluding carboxylic acids is 1. The van der Waals surface area contributed by atoms with Crippen molar-refractivity contribution in [1.29, 1.82) is 0 Å². The summed E-state index contributed by atoms with van der Waals surface area (Å²) < 4.78 is 45.0. The van der Waals surface area contributed by atoms with Gasteiger partial charge < -0.3 is 20.5 Å². The van der Waals surface area contributed by atoms with Gasteiger partial charge in [0.05, 0.1) is 18.8 Å². The molecule has 1 atom stereocenters. The first-order valence-electron chi connectivity index (χ1n) is 10.8. The molecule has 0 radical (unpaired) electrons. The summed E-state index contributed by atoms with van der Waals surface area (Å²) in [6.45, 7) is 0.629. The monoisotopic (exact) mass is 506 g/mol.